The summed E-state index contributed by atoms with van der Waals surface area (Å²) in [7, 11) is -3.73. The molecule has 0 fully saturated rings. The molecular weight excluding hydrogens is 468 g/mol. The van der Waals surface area contributed by atoms with Crippen molar-refractivity contribution in [2.75, 3.05) is 10.5 Å². The molecule has 0 spiro atoms. The fraction of sp³-hybridized carbons (Fsp3) is 0.208. The van der Waals surface area contributed by atoms with Gasteiger partial charge in [-0.1, -0.05) is 37.6 Å². The maximum atomic E-state index is 15.3. The fourth-order valence-electron chi connectivity index (χ4n) is 3.87. The van der Waals surface area contributed by atoms with Crippen molar-refractivity contribution >= 4 is 38.3 Å². The molecule has 0 aliphatic rings. The maximum absolute atomic E-state index is 15.3. The minimum Gasteiger partial charge on any atom is -0.346 e. The lowest BCUT2D eigenvalue weighted by Crippen LogP contribution is -2.18. The van der Waals surface area contributed by atoms with E-state index in [-0.39, 0.29) is 17.0 Å². The Hall–Kier alpha value is -2.97. The van der Waals surface area contributed by atoms with Crippen LogP contribution in [0.3, 0.4) is 0 Å². The zero-order valence-electron chi connectivity index (χ0n) is 18.0. The van der Waals surface area contributed by atoms with Crippen molar-refractivity contribution in [1.82, 2.24) is 9.97 Å². The molecular formula is C24H22ClF2N3O2S. The Bertz CT molecular complexity index is 1420. The molecule has 9 heteroatoms. The van der Waals surface area contributed by atoms with E-state index in [9.17, 15) is 12.8 Å². The lowest BCUT2D eigenvalue weighted by molar-refractivity contribution is 0.549. The van der Waals surface area contributed by atoms with Crippen LogP contribution >= 0.6 is 11.6 Å². The molecule has 0 bridgehead atoms. The van der Waals surface area contributed by atoms with Gasteiger partial charge in [-0.05, 0) is 47.9 Å². The predicted molar refractivity (Wildman–Crippen MR) is 128 cm³/mol. The largest absolute Gasteiger partial charge is 0.346 e. The Balaban J connectivity index is 1.77. The normalized spacial score (nSPS) is 12.8. The van der Waals surface area contributed by atoms with E-state index in [1.807, 2.05) is 18.2 Å². The van der Waals surface area contributed by atoms with Crippen LogP contribution in [-0.2, 0) is 10.0 Å². The highest BCUT2D eigenvalue weighted by Crippen LogP contribution is 2.36. The number of hydrogen-bond acceptors (Lipinski definition) is 3. The number of nitrogens with zero attached hydrogens (tertiary/aromatic N) is 1. The second kappa shape index (κ2) is 9.11. The first-order valence-electron chi connectivity index (χ1n) is 10.4. The Kier molecular flexibility index (Phi) is 6.41. The van der Waals surface area contributed by atoms with Crippen LogP contribution in [0.4, 0.5) is 14.5 Å². The van der Waals surface area contributed by atoms with Crippen LogP contribution in [-0.4, -0.2) is 24.1 Å². The van der Waals surface area contributed by atoms with Crippen molar-refractivity contribution in [3.8, 4) is 11.1 Å². The quantitative estimate of drug-likeness (QED) is 0.312. The summed E-state index contributed by atoms with van der Waals surface area (Å²) in [6.45, 7) is 3.38. The molecule has 33 heavy (non-hydrogen) atoms. The van der Waals surface area contributed by atoms with Gasteiger partial charge in [0, 0.05) is 39.8 Å². The zero-order valence-corrected chi connectivity index (χ0v) is 19.6. The van der Waals surface area contributed by atoms with E-state index < -0.39 is 27.6 Å². The predicted octanol–water partition coefficient (Wildman–Crippen LogP) is 6.47. The molecule has 1 atom stereocenters. The summed E-state index contributed by atoms with van der Waals surface area (Å²) >= 11 is 5.98. The SMILES string of the molecule is CCCS(=O)(=O)Nc1ccc(F)c(C(C)c2c[nH]c3ncc(-c4ccc(Cl)cc4)cc23)c1F. The van der Waals surface area contributed by atoms with Crippen molar-refractivity contribution in [2.45, 2.75) is 26.2 Å². The highest BCUT2D eigenvalue weighted by atomic mass is 35.5. The number of sulfonamides is 1. The number of pyridine rings is 1. The molecule has 1 unspecified atom stereocenters. The summed E-state index contributed by atoms with van der Waals surface area (Å²) in [4.78, 5) is 7.49. The van der Waals surface area contributed by atoms with Crippen molar-refractivity contribution in [2.24, 2.45) is 0 Å². The van der Waals surface area contributed by atoms with E-state index in [2.05, 4.69) is 14.7 Å². The van der Waals surface area contributed by atoms with Crippen LogP contribution < -0.4 is 4.72 Å². The van der Waals surface area contributed by atoms with E-state index >= 15 is 4.39 Å². The fourth-order valence-corrected chi connectivity index (χ4v) is 5.13. The molecule has 5 nitrogen and oxygen atoms in total. The number of aromatic nitrogens is 2. The number of halogens is 3. The van der Waals surface area contributed by atoms with Gasteiger partial charge in [-0.15, -0.1) is 0 Å². The lowest BCUT2D eigenvalue weighted by atomic mass is 9.91. The van der Waals surface area contributed by atoms with Crippen LogP contribution in [0.15, 0.2) is 54.9 Å². The number of H-pyrrole nitrogens is 1. The van der Waals surface area contributed by atoms with E-state index in [4.69, 9.17) is 11.6 Å². The van der Waals surface area contributed by atoms with E-state index in [1.165, 1.54) is 0 Å². The van der Waals surface area contributed by atoms with Crippen LogP contribution in [0.5, 0.6) is 0 Å². The van der Waals surface area contributed by atoms with Crippen LogP contribution in [0.1, 0.15) is 37.3 Å². The van der Waals surface area contributed by atoms with Gasteiger partial charge in [0.05, 0.1) is 11.4 Å². The summed E-state index contributed by atoms with van der Waals surface area (Å²) in [5, 5.41) is 1.33. The van der Waals surface area contributed by atoms with Gasteiger partial charge in [0.1, 0.15) is 11.5 Å². The second-order valence-corrected chi connectivity index (χ2v) is 10.1. The average Bonchev–Trinajstić information content (AvgIpc) is 3.19. The first kappa shape index (κ1) is 23.2. The molecule has 0 radical (unpaired) electrons. The summed E-state index contributed by atoms with van der Waals surface area (Å²) < 4.78 is 56.6. The number of rotatable bonds is 7. The summed E-state index contributed by atoms with van der Waals surface area (Å²) in [6.07, 6.45) is 3.75. The molecule has 4 aromatic rings. The molecule has 2 N–H and O–H groups in total. The summed E-state index contributed by atoms with van der Waals surface area (Å²) in [5.41, 5.74) is 2.46. The number of nitrogens with one attached hydrogen (secondary N) is 2. The summed E-state index contributed by atoms with van der Waals surface area (Å²) in [6, 6.07) is 11.4. The summed E-state index contributed by atoms with van der Waals surface area (Å²) in [5.74, 6) is -2.55. The van der Waals surface area contributed by atoms with Crippen molar-refractivity contribution in [1.29, 1.82) is 0 Å². The number of hydrogen-bond donors (Lipinski definition) is 2. The molecule has 0 saturated carbocycles. The molecule has 0 aliphatic heterocycles. The third-order valence-electron chi connectivity index (χ3n) is 5.51. The highest BCUT2D eigenvalue weighted by molar-refractivity contribution is 7.92. The molecule has 2 aromatic carbocycles. The average molecular weight is 490 g/mol. The van der Waals surface area contributed by atoms with Crippen molar-refractivity contribution in [3.05, 3.63) is 82.6 Å². The smallest absolute Gasteiger partial charge is 0.232 e. The van der Waals surface area contributed by atoms with Crippen LogP contribution in [0.2, 0.25) is 5.02 Å². The molecule has 172 valence electrons. The standard InChI is InChI=1S/C24H22ClF2N3O2S/c1-3-10-33(31,32)30-21-9-8-20(26)22(23(21)27)14(2)19-13-29-24-18(19)11-16(12-28-24)15-4-6-17(25)7-5-15/h4-9,11-14,30H,3,10H2,1-2H3,(H,28,29). The van der Waals surface area contributed by atoms with E-state index in [0.717, 1.165) is 23.3 Å². The molecule has 0 saturated heterocycles. The molecule has 2 heterocycles. The topological polar surface area (TPSA) is 74.8 Å². The van der Waals surface area contributed by atoms with Gasteiger partial charge in [0.2, 0.25) is 10.0 Å². The zero-order chi connectivity index (χ0) is 23.8. The maximum Gasteiger partial charge on any atom is 0.232 e. The molecule has 2 aromatic heterocycles. The van der Waals surface area contributed by atoms with Gasteiger partial charge >= 0.3 is 0 Å². The van der Waals surface area contributed by atoms with Gasteiger partial charge in [-0.2, -0.15) is 0 Å². The van der Waals surface area contributed by atoms with Crippen LogP contribution in [0, 0.1) is 11.6 Å². The first-order valence-corrected chi connectivity index (χ1v) is 12.4. The van der Waals surface area contributed by atoms with Crippen molar-refractivity contribution in [3.63, 3.8) is 0 Å². The molecule has 4 rings (SSSR count). The lowest BCUT2D eigenvalue weighted by Gasteiger charge is -2.17. The number of fused-ring (bicyclic) bond motifs is 1. The third-order valence-corrected chi connectivity index (χ3v) is 7.23. The number of anilines is 1. The minimum atomic E-state index is -3.73. The van der Waals surface area contributed by atoms with Gasteiger partial charge < -0.3 is 4.98 Å². The first-order chi connectivity index (χ1) is 15.7. The van der Waals surface area contributed by atoms with Gasteiger partial charge in [-0.3, -0.25) is 4.72 Å². The second-order valence-electron chi connectivity index (χ2n) is 7.84. The third kappa shape index (κ3) is 4.72. The highest BCUT2D eigenvalue weighted by Gasteiger charge is 2.25. The van der Waals surface area contributed by atoms with Gasteiger partial charge in [-0.25, -0.2) is 22.2 Å². The Morgan fingerprint density at radius 3 is 2.55 bits per heavy atom. The van der Waals surface area contributed by atoms with Gasteiger partial charge in [0.15, 0.2) is 5.82 Å². The minimum absolute atomic E-state index is 0.156. The Morgan fingerprint density at radius 2 is 1.85 bits per heavy atom. The van der Waals surface area contributed by atoms with E-state index in [0.29, 0.717) is 28.0 Å². The Labute approximate surface area is 195 Å². The van der Waals surface area contributed by atoms with Gasteiger partial charge in [0.25, 0.3) is 0 Å². The number of benzene rings is 2. The monoisotopic (exact) mass is 489 g/mol. The molecule has 0 aliphatic carbocycles. The van der Waals surface area contributed by atoms with Crippen LogP contribution in [0.25, 0.3) is 22.2 Å². The molecule has 0 amide bonds. The number of aromatic amines is 1. The van der Waals surface area contributed by atoms with Crippen molar-refractivity contribution < 1.29 is 17.2 Å². The Morgan fingerprint density at radius 1 is 1.12 bits per heavy atom. The van der Waals surface area contributed by atoms with E-state index in [1.54, 1.807) is 38.4 Å².